The predicted molar refractivity (Wildman–Crippen MR) is 90.9 cm³/mol. The Morgan fingerprint density at radius 1 is 1.21 bits per heavy atom. The normalized spacial score (nSPS) is 10.6. The Balaban J connectivity index is 2.23. The Kier molecular flexibility index (Phi) is 5.47. The molecule has 0 heterocycles. The SMILES string of the molecule is C=CCNS(=O)(=O)c1cccc(C(=O)Nc2cccc(C#N)c2)c1. The third kappa shape index (κ3) is 4.29. The van der Waals surface area contributed by atoms with E-state index in [1.165, 1.54) is 36.4 Å². The Bertz CT molecular complexity index is 915. The van der Waals surface area contributed by atoms with Gasteiger partial charge in [0.05, 0.1) is 16.5 Å². The molecule has 0 unspecified atom stereocenters. The third-order valence-corrected chi connectivity index (χ3v) is 4.49. The van der Waals surface area contributed by atoms with E-state index in [1.54, 1.807) is 18.2 Å². The monoisotopic (exact) mass is 341 g/mol. The number of hydrogen-bond donors (Lipinski definition) is 2. The first-order chi connectivity index (χ1) is 11.5. The molecule has 0 saturated heterocycles. The van der Waals surface area contributed by atoms with Crippen LogP contribution in [0.4, 0.5) is 5.69 Å². The molecule has 2 N–H and O–H groups in total. The molecule has 0 saturated carbocycles. The van der Waals surface area contributed by atoms with Gasteiger partial charge < -0.3 is 5.32 Å². The molecule has 0 aliphatic carbocycles. The van der Waals surface area contributed by atoms with Crippen molar-refractivity contribution in [1.82, 2.24) is 4.72 Å². The van der Waals surface area contributed by atoms with Gasteiger partial charge in [-0.3, -0.25) is 4.79 Å². The molecule has 0 fully saturated rings. The average Bonchev–Trinajstić information content (AvgIpc) is 2.60. The van der Waals surface area contributed by atoms with Crippen LogP contribution in [0, 0.1) is 11.3 Å². The summed E-state index contributed by atoms with van der Waals surface area (Å²) < 4.78 is 26.5. The van der Waals surface area contributed by atoms with Crippen molar-refractivity contribution in [2.24, 2.45) is 0 Å². The van der Waals surface area contributed by atoms with E-state index >= 15 is 0 Å². The minimum absolute atomic E-state index is 0.0113. The van der Waals surface area contributed by atoms with Crippen molar-refractivity contribution >= 4 is 21.6 Å². The third-order valence-electron chi connectivity index (χ3n) is 3.07. The van der Waals surface area contributed by atoms with E-state index < -0.39 is 15.9 Å². The average molecular weight is 341 g/mol. The van der Waals surface area contributed by atoms with Crippen molar-refractivity contribution in [3.8, 4) is 6.07 Å². The number of amides is 1. The number of hydrogen-bond acceptors (Lipinski definition) is 4. The van der Waals surface area contributed by atoms with E-state index in [-0.39, 0.29) is 17.0 Å². The van der Waals surface area contributed by atoms with E-state index in [1.807, 2.05) is 6.07 Å². The standard InChI is InChI=1S/C17H15N3O3S/c1-2-9-19-24(22,23)16-8-4-6-14(11-16)17(21)20-15-7-3-5-13(10-15)12-18/h2-8,10-11,19H,1,9H2,(H,20,21). The molecular formula is C17H15N3O3S. The van der Waals surface area contributed by atoms with Crippen LogP contribution in [0.2, 0.25) is 0 Å². The van der Waals surface area contributed by atoms with Crippen LogP contribution < -0.4 is 10.0 Å². The number of nitriles is 1. The van der Waals surface area contributed by atoms with E-state index in [4.69, 9.17) is 5.26 Å². The number of anilines is 1. The molecule has 0 atom stereocenters. The van der Waals surface area contributed by atoms with Gasteiger partial charge >= 0.3 is 0 Å². The lowest BCUT2D eigenvalue weighted by Crippen LogP contribution is -2.24. The van der Waals surface area contributed by atoms with Gasteiger partial charge in [0.15, 0.2) is 0 Å². The molecule has 2 aromatic rings. The molecular weight excluding hydrogens is 326 g/mol. The van der Waals surface area contributed by atoms with Crippen LogP contribution in [0.3, 0.4) is 0 Å². The zero-order chi connectivity index (χ0) is 17.6. The summed E-state index contributed by atoms with van der Waals surface area (Å²) in [5.74, 6) is -0.467. The Morgan fingerprint density at radius 2 is 1.96 bits per heavy atom. The van der Waals surface area contributed by atoms with Crippen molar-refractivity contribution in [2.75, 3.05) is 11.9 Å². The number of benzene rings is 2. The molecule has 0 spiro atoms. The van der Waals surface area contributed by atoms with E-state index in [2.05, 4.69) is 16.6 Å². The van der Waals surface area contributed by atoms with Gasteiger partial charge in [-0.05, 0) is 36.4 Å². The minimum Gasteiger partial charge on any atom is -0.322 e. The smallest absolute Gasteiger partial charge is 0.255 e. The molecule has 0 bridgehead atoms. The van der Waals surface area contributed by atoms with Gasteiger partial charge in [0.25, 0.3) is 5.91 Å². The second-order valence-electron chi connectivity index (χ2n) is 4.82. The lowest BCUT2D eigenvalue weighted by Gasteiger charge is -2.08. The molecule has 24 heavy (non-hydrogen) atoms. The summed E-state index contributed by atoms with van der Waals surface area (Å²) in [7, 11) is -3.71. The molecule has 6 nitrogen and oxygen atoms in total. The van der Waals surface area contributed by atoms with Gasteiger partial charge in [-0.1, -0.05) is 18.2 Å². The molecule has 0 radical (unpaired) electrons. The lowest BCUT2D eigenvalue weighted by atomic mass is 10.2. The molecule has 122 valence electrons. The van der Waals surface area contributed by atoms with E-state index in [9.17, 15) is 13.2 Å². The fourth-order valence-electron chi connectivity index (χ4n) is 1.93. The van der Waals surface area contributed by atoms with Crippen LogP contribution in [0.15, 0.2) is 66.1 Å². The Hall–Kier alpha value is -2.95. The minimum atomic E-state index is -3.71. The number of carbonyl (C=O) groups is 1. The van der Waals surface area contributed by atoms with Crippen LogP contribution in [-0.2, 0) is 10.0 Å². The molecule has 7 heteroatoms. The van der Waals surface area contributed by atoms with Crippen molar-refractivity contribution < 1.29 is 13.2 Å². The van der Waals surface area contributed by atoms with Crippen molar-refractivity contribution in [1.29, 1.82) is 5.26 Å². The first-order valence-corrected chi connectivity index (χ1v) is 8.47. The fourth-order valence-corrected chi connectivity index (χ4v) is 2.97. The van der Waals surface area contributed by atoms with Crippen LogP contribution >= 0.6 is 0 Å². The van der Waals surface area contributed by atoms with Gasteiger partial charge in [0, 0.05) is 17.8 Å². The number of sulfonamides is 1. The van der Waals surface area contributed by atoms with Gasteiger partial charge in [-0.15, -0.1) is 6.58 Å². The topological polar surface area (TPSA) is 99.1 Å². The van der Waals surface area contributed by atoms with Crippen LogP contribution in [-0.4, -0.2) is 20.9 Å². The maximum Gasteiger partial charge on any atom is 0.255 e. The highest BCUT2D eigenvalue weighted by Crippen LogP contribution is 2.15. The number of nitrogens with one attached hydrogen (secondary N) is 2. The summed E-state index contributed by atoms with van der Waals surface area (Å²) in [6.45, 7) is 3.55. The summed E-state index contributed by atoms with van der Waals surface area (Å²) in [5.41, 5.74) is 1.06. The van der Waals surface area contributed by atoms with Crippen LogP contribution in [0.1, 0.15) is 15.9 Å². The molecule has 2 aromatic carbocycles. The summed E-state index contributed by atoms with van der Waals surface area (Å²) in [6, 6.07) is 14.1. The van der Waals surface area contributed by atoms with Crippen LogP contribution in [0.5, 0.6) is 0 Å². The zero-order valence-electron chi connectivity index (χ0n) is 12.7. The summed E-state index contributed by atoms with van der Waals surface area (Å²) >= 11 is 0. The summed E-state index contributed by atoms with van der Waals surface area (Å²) in [6.07, 6.45) is 1.43. The van der Waals surface area contributed by atoms with Gasteiger partial charge in [0.2, 0.25) is 10.0 Å². The highest BCUT2D eigenvalue weighted by Gasteiger charge is 2.15. The highest BCUT2D eigenvalue weighted by molar-refractivity contribution is 7.89. The largest absolute Gasteiger partial charge is 0.322 e. The van der Waals surface area contributed by atoms with Crippen molar-refractivity contribution in [3.05, 3.63) is 72.3 Å². The first-order valence-electron chi connectivity index (χ1n) is 6.98. The maximum absolute atomic E-state index is 12.3. The number of nitrogens with zero attached hydrogens (tertiary/aromatic N) is 1. The second-order valence-corrected chi connectivity index (χ2v) is 6.58. The van der Waals surface area contributed by atoms with Crippen molar-refractivity contribution in [3.63, 3.8) is 0 Å². The van der Waals surface area contributed by atoms with E-state index in [0.717, 1.165) is 0 Å². The molecule has 0 aliphatic heterocycles. The van der Waals surface area contributed by atoms with E-state index in [0.29, 0.717) is 11.3 Å². The highest BCUT2D eigenvalue weighted by atomic mass is 32.2. The molecule has 2 rings (SSSR count). The number of carbonyl (C=O) groups excluding carboxylic acids is 1. The Morgan fingerprint density at radius 3 is 2.67 bits per heavy atom. The number of rotatable bonds is 6. The van der Waals surface area contributed by atoms with Gasteiger partial charge in [-0.25, -0.2) is 13.1 Å². The molecule has 0 aliphatic rings. The zero-order valence-corrected chi connectivity index (χ0v) is 13.5. The van der Waals surface area contributed by atoms with Crippen LogP contribution in [0.25, 0.3) is 0 Å². The quantitative estimate of drug-likeness (QED) is 0.787. The summed E-state index contributed by atoms with van der Waals surface area (Å²) in [5, 5.41) is 11.5. The van der Waals surface area contributed by atoms with Gasteiger partial charge in [-0.2, -0.15) is 5.26 Å². The summed E-state index contributed by atoms with van der Waals surface area (Å²) in [4.78, 5) is 12.3. The van der Waals surface area contributed by atoms with Crippen molar-refractivity contribution in [2.45, 2.75) is 4.90 Å². The molecule has 1 amide bonds. The maximum atomic E-state index is 12.3. The lowest BCUT2D eigenvalue weighted by molar-refractivity contribution is 0.102. The Labute approximate surface area is 140 Å². The second kappa shape index (κ2) is 7.55. The fraction of sp³-hybridized carbons (Fsp3) is 0.0588. The predicted octanol–water partition coefficient (Wildman–Crippen LogP) is 2.27. The first kappa shape index (κ1) is 17.4. The molecule has 0 aromatic heterocycles. The van der Waals surface area contributed by atoms with Gasteiger partial charge in [0.1, 0.15) is 0 Å².